The standard InChI is InChI=1S/C18H30N2/c1-3-19-16(2)9-7-8-13-20-14-12-18(15-20)17-10-5-4-6-11-17/h4-6,10-11,16,18-19H,3,7-9,12-15H2,1-2H3. The molecule has 1 aromatic rings. The van der Waals surface area contributed by atoms with Gasteiger partial charge < -0.3 is 10.2 Å². The molecule has 20 heavy (non-hydrogen) atoms. The maximum absolute atomic E-state index is 3.49. The fourth-order valence-corrected chi connectivity index (χ4v) is 3.27. The highest BCUT2D eigenvalue weighted by Gasteiger charge is 2.22. The van der Waals surface area contributed by atoms with Crippen LogP contribution >= 0.6 is 0 Å². The lowest BCUT2D eigenvalue weighted by molar-refractivity contribution is 0.321. The van der Waals surface area contributed by atoms with E-state index in [-0.39, 0.29) is 0 Å². The van der Waals surface area contributed by atoms with Crippen molar-refractivity contribution >= 4 is 0 Å². The van der Waals surface area contributed by atoms with Gasteiger partial charge in [-0.1, -0.05) is 43.7 Å². The molecule has 0 aliphatic carbocycles. The first-order chi connectivity index (χ1) is 9.79. The Morgan fingerprint density at radius 3 is 2.80 bits per heavy atom. The lowest BCUT2D eigenvalue weighted by atomic mass is 9.99. The molecule has 0 bridgehead atoms. The topological polar surface area (TPSA) is 15.3 Å². The van der Waals surface area contributed by atoms with Crippen LogP contribution in [0.1, 0.15) is 51.0 Å². The van der Waals surface area contributed by atoms with Crippen LogP contribution in [0.5, 0.6) is 0 Å². The van der Waals surface area contributed by atoms with Gasteiger partial charge in [0.15, 0.2) is 0 Å². The highest BCUT2D eigenvalue weighted by molar-refractivity contribution is 5.20. The molecule has 0 aromatic heterocycles. The second-order valence-corrected chi connectivity index (χ2v) is 6.15. The van der Waals surface area contributed by atoms with E-state index in [4.69, 9.17) is 0 Å². The quantitative estimate of drug-likeness (QED) is 0.728. The first-order valence-electron chi connectivity index (χ1n) is 8.30. The minimum absolute atomic E-state index is 0.677. The second-order valence-electron chi connectivity index (χ2n) is 6.15. The largest absolute Gasteiger partial charge is 0.315 e. The van der Waals surface area contributed by atoms with Gasteiger partial charge in [-0.2, -0.15) is 0 Å². The predicted octanol–water partition coefficient (Wildman–Crippen LogP) is 3.64. The number of nitrogens with one attached hydrogen (secondary N) is 1. The van der Waals surface area contributed by atoms with Crippen LogP contribution in [0, 0.1) is 0 Å². The van der Waals surface area contributed by atoms with Crippen molar-refractivity contribution in [2.24, 2.45) is 0 Å². The molecule has 1 saturated heterocycles. The molecule has 2 nitrogen and oxygen atoms in total. The number of likely N-dealkylation sites (tertiary alicyclic amines) is 1. The minimum Gasteiger partial charge on any atom is -0.315 e. The summed E-state index contributed by atoms with van der Waals surface area (Å²) in [5.74, 6) is 0.761. The molecule has 0 saturated carbocycles. The van der Waals surface area contributed by atoms with Gasteiger partial charge >= 0.3 is 0 Å². The Morgan fingerprint density at radius 2 is 2.05 bits per heavy atom. The summed E-state index contributed by atoms with van der Waals surface area (Å²) in [6.07, 6.45) is 5.33. The van der Waals surface area contributed by atoms with Gasteiger partial charge in [-0.05, 0) is 57.3 Å². The number of hydrogen-bond acceptors (Lipinski definition) is 2. The average molecular weight is 274 g/mol. The SMILES string of the molecule is CCNC(C)CCCCN1CCC(c2ccccc2)C1. The highest BCUT2D eigenvalue weighted by atomic mass is 15.1. The molecule has 1 N–H and O–H groups in total. The molecule has 0 amide bonds. The Morgan fingerprint density at radius 1 is 1.25 bits per heavy atom. The van der Waals surface area contributed by atoms with Gasteiger partial charge in [0, 0.05) is 12.6 Å². The van der Waals surface area contributed by atoms with Gasteiger partial charge in [0.25, 0.3) is 0 Å². The molecular formula is C18H30N2. The minimum atomic E-state index is 0.677. The second kappa shape index (κ2) is 8.43. The van der Waals surface area contributed by atoms with Crippen LogP contribution in [0.25, 0.3) is 0 Å². The molecule has 1 fully saturated rings. The Hall–Kier alpha value is -0.860. The molecular weight excluding hydrogens is 244 g/mol. The Kier molecular flexibility index (Phi) is 6.55. The summed E-state index contributed by atoms with van der Waals surface area (Å²) in [5, 5.41) is 3.49. The van der Waals surface area contributed by atoms with Crippen LogP contribution in [0.4, 0.5) is 0 Å². The van der Waals surface area contributed by atoms with Gasteiger partial charge in [0.1, 0.15) is 0 Å². The van der Waals surface area contributed by atoms with E-state index in [1.807, 2.05) is 0 Å². The number of unbranched alkanes of at least 4 members (excludes halogenated alkanes) is 1. The van der Waals surface area contributed by atoms with Crippen molar-refractivity contribution in [1.82, 2.24) is 10.2 Å². The summed E-state index contributed by atoms with van der Waals surface area (Å²) in [7, 11) is 0. The molecule has 112 valence electrons. The molecule has 1 heterocycles. The monoisotopic (exact) mass is 274 g/mol. The average Bonchev–Trinajstić information content (AvgIpc) is 2.94. The summed E-state index contributed by atoms with van der Waals surface area (Å²) < 4.78 is 0. The lowest BCUT2D eigenvalue weighted by Crippen LogP contribution is -2.26. The zero-order valence-electron chi connectivity index (χ0n) is 13.1. The van der Waals surface area contributed by atoms with Crippen LogP contribution in [-0.2, 0) is 0 Å². The molecule has 1 aliphatic heterocycles. The van der Waals surface area contributed by atoms with Gasteiger partial charge in [0.2, 0.25) is 0 Å². The predicted molar refractivity (Wildman–Crippen MR) is 87.2 cm³/mol. The summed E-state index contributed by atoms with van der Waals surface area (Å²) in [6.45, 7) is 9.39. The van der Waals surface area contributed by atoms with Crippen molar-refractivity contribution in [3.63, 3.8) is 0 Å². The van der Waals surface area contributed by atoms with E-state index < -0.39 is 0 Å². The van der Waals surface area contributed by atoms with E-state index in [9.17, 15) is 0 Å². The van der Waals surface area contributed by atoms with Crippen LogP contribution in [-0.4, -0.2) is 37.1 Å². The Balaban J connectivity index is 1.62. The van der Waals surface area contributed by atoms with Crippen molar-refractivity contribution in [1.29, 1.82) is 0 Å². The van der Waals surface area contributed by atoms with Gasteiger partial charge in [0.05, 0.1) is 0 Å². The van der Waals surface area contributed by atoms with Crippen molar-refractivity contribution < 1.29 is 0 Å². The normalized spacial score (nSPS) is 21.2. The number of hydrogen-bond donors (Lipinski definition) is 1. The summed E-state index contributed by atoms with van der Waals surface area (Å²) >= 11 is 0. The van der Waals surface area contributed by atoms with Crippen LogP contribution < -0.4 is 5.32 Å². The fourth-order valence-electron chi connectivity index (χ4n) is 3.27. The van der Waals surface area contributed by atoms with Crippen LogP contribution in [0.2, 0.25) is 0 Å². The molecule has 0 spiro atoms. The highest BCUT2D eigenvalue weighted by Crippen LogP contribution is 2.26. The van der Waals surface area contributed by atoms with Crippen LogP contribution in [0.3, 0.4) is 0 Å². The van der Waals surface area contributed by atoms with E-state index in [2.05, 4.69) is 54.4 Å². The molecule has 2 atom stereocenters. The van der Waals surface area contributed by atoms with E-state index in [1.165, 1.54) is 50.9 Å². The fraction of sp³-hybridized carbons (Fsp3) is 0.667. The molecule has 2 unspecified atom stereocenters. The molecule has 0 radical (unpaired) electrons. The van der Waals surface area contributed by atoms with Gasteiger partial charge in [-0.25, -0.2) is 0 Å². The van der Waals surface area contributed by atoms with Crippen molar-refractivity contribution in [2.45, 2.75) is 51.5 Å². The lowest BCUT2D eigenvalue weighted by Gasteiger charge is -2.17. The molecule has 1 aromatic carbocycles. The molecule has 2 rings (SSSR count). The van der Waals surface area contributed by atoms with Crippen molar-refractivity contribution in [3.05, 3.63) is 35.9 Å². The first-order valence-corrected chi connectivity index (χ1v) is 8.30. The van der Waals surface area contributed by atoms with E-state index >= 15 is 0 Å². The molecule has 1 aliphatic rings. The number of nitrogens with zero attached hydrogens (tertiary/aromatic N) is 1. The molecule has 2 heteroatoms. The summed E-state index contributed by atoms with van der Waals surface area (Å²) in [4.78, 5) is 2.65. The van der Waals surface area contributed by atoms with E-state index in [0.717, 1.165) is 12.5 Å². The maximum Gasteiger partial charge on any atom is 0.00507 e. The third-order valence-electron chi connectivity index (χ3n) is 4.46. The maximum atomic E-state index is 3.49. The zero-order valence-corrected chi connectivity index (χ0v) is 13.1. The van der Waals surface area contributed by atoms with Crippen molar-refractivity contribution in [3.8, 4) is 0 Å². The van der Waals surface area contributed by atoms with Gasteiger partial charge in [-0.15, -0.1) is 0 Å². The smallest absolute Gasteiger partial charge is 0.00507 e. The number of benzene rings is 1. The third kappa shape index (κ3) is 4.92. The summed E-state index contributed by atoms with van der Waals surface area (Å²) in [5.41, 5.74) is 1.52. The number of rotatable bonds is 8. The zero-order chi connectivity index (χ0) is 14.2. The van der Waals surface area contributed by atoms with E-state index in [1.54, 1.807) is 0 Å². The Bertz CT molecular complexity index is 363. The van der Waals surface area contributed by atoms with Crippen molar-refractivity contribution in [2.75, 3.05) is 26.2 Å². The third-order valence-corrected chi connectivity index (χ3v) is 4.46. The van der Waals surface area contributed by atoms with Crippen LogP contribution in [0.15, 0.2) is 30.3 Å². The van der Waals surface area contributed by atoms with Gasteiger partial charge in [-0.3, -0.25) is 0 Å². The summed E-state index contributed by atoms with van der Waals surface area (Å²) in [6, 6.07) is 11.7. The Labute approximate surface area is 124 Å². The first kappa shape index (κ1) is 15.5. The van der Waals surface area contributed by atoms with E-state index in [0.29, 0.717) is 6.04 Å².